The number of unbranched alkanes of at least 4 members (excludes halogenated alkanes) is 4. The third kappa shape index (κ3) is 7.74. The van der Waals surface area contributed by atoms with Crippen LogP contribution in [-0.2, 0) is 0 Å². The zero-order valence-electron chi connectivity index (χ0n) is 8.81. The molecule has 0 aromatic rings. The first-order valence-electron chi connectivity index (χ1n) is 5.56. The van der Waals surface area contributed by atoms with Gasteiger partial charge in [-0.2, -0.15) is 0 Å². The summed E-state index contributed by atoms with van der Waals surface area (Å²) in [7, 11) is 0. The Hall–Kier alpha value is -0.260. The van der Waals surface area contributed by atoms with E-state index in [1.165, 1.54) is 12.8 Å². The summed E-state index contributed by atoms with van der Waals surface area (Å²) >= 11 is 0. The van der Waals surface area contributed by atoms with Gasteiger partial charge in [0.05, 0.1) is 0 Å². The summed E-state index contributed by atoms with van der Waals surface area (Å²) < 4.78 is 13.9. The van der Waals surface area contributed by atoms with Gasteiger partial charge in [0.25, 0.3) is 0 Å². The predicted octanol–water partition coefficient (Wildman–Crippen LogP) is 3.92. The average Bonchev–Trinajstić information content (AvgIpc) is 2.10. The minimum atomic E-state index is 0.545. The van der Waals surface area contributed by atoms with Crippen LogP contribution in [-0.4, -0.2) is 0 Å². The zero-order chi connectivity index (χ0) is 9.07. The molecule has 0 aliphatic rings. The van der Waals surface area contributed by atoms with E-state index in [2.05, 4.69) is 12.2 Å². The molecule has 0 amide bonds. The highest BCUT2D eigenvalue weighted by atomic mass is 13.9. The molecule has 0 aromatic carbocycles. The van der Waals surface area contributed by atoms with E-state index < -0.39 is 0 Å². The van der Waals surface area contributed by atoms with Crippen molar-refractivity contribution in [2.24, 2.45) is 0 Å². The number of rotatable bonds is 6. The highest BCUT2D eigenvalue weighted by molar-refractivity contribution is 4.80. The second-order valence-electron chi connectivity index (χ2n) is 2.46. The van der Waals surface area contributed by atoms with Crippen molar-refractivity contribution in [1.82, 2.24) is 0 Å². The number of hydrogen-bond donors (Lipinski definition) is 0. The Bertz CT molecular complexity index is 100. The van der Waals surface area contributed by atoms with Crippen LogP contribution in [0.25, 0.3) is 0 Å². The Balaban J connectivity index is 2.92. The van der Waals surface area contributed by atoms with E-state index in [1.807, 2.05) is 0 Å². The minimum Gasteiger partial charge on any atom is -0.0885 e. The van der Waals surface area contributed by atoms with E-state index in [0.29, 0.717) is 13.8 Å². The molecule has 0 aliphatic heterocycles. The topological polar surface area (TPSA) is 0 Å². The van der Waals surface area contributed by atoms with Crippen molar-refractivity contribution in [3.63, 3.8) is 0 Å². The summed E-state index contributed by atoms with van der Waals surface area (Å²) in [6.45, 7) is 1.12. The van der Waals surface area contributed by atoms with Crippen molar-refractivity contribution in [3.05, 3.63) is 12.2 Å². The van der Waals surface area contributed by atoms with Crippen molar-refractivity contribution >= 4 is 0 Å². The molecule has 0 spiro atoms. The van der Waals surface area contributed by atoms with Gasteiger partial charge < -0.3 is 0 Å². The van der Waals surface area contributed by atoms with Gasteiger partial charge in [-0.1, -0.05) is 45.2 Å². The molecule has 0 saturated heterocycles. The van der Waals surface area contributed by atoms with E-state index in [4.69, 9.17) is 2.74 Å². The lowest BCUT2D eigenvalue weighted by Gasteiger charge is -1.90. The Morgan fingerprint density at radius 1 is 1.30 bits per heavy atom. The molecular formula is C10H20. The highest BCUT2D eigenvalue weighted by Crippen LogP contribution is 2.00. The molecule has 0 rings (SSSR count). The molecule has 0 unspecified atom stereocenters. The summed E-state index contributed by atoms with van der Waals surface area (Å²) in [5, 5.41) is 0. The molecule has 0 aromatic heterocycles. The maximum absolute atomic E-state index is 6.94. The molecule has 0 fully saturated rings. The van der Waals surface area contributed by atoms with Crippen molar-refractivity contribution in [2.45, 2.75) is 52.3 Å². The van der Waals surface area contributed by atoms with Crippen LogP contribution in [0.2, 0.25) is 0 Å². The van der Waals surface area contributed by atoms with Crippen LogP contribution in [0.1, 0.15) is 55.1 Å². The summed E-state index contributed by atoms with van der Waals surface area (Å²) in [5.74, 6) is 0. The van der Waals surface area contributed by atoms with E-state index >= 15 is 0 Å². The largest absolute Gasteiger partial charge is 0.0885 e. The van der Waals surface area contributed by atoms with Crippen molar-refractivity contribution < 1.29 is 2.74 Å². The van der Waals surface area contributed by atoms with E-state index in [0.717, 1.165) is 25.7 Å². The second kappa shape index (κ2) is 8.74. The molecule has 60 valence electrons. The lowest BCUT2D eigenvalue weighted by molar-refractivity contribution is 0.727. The van der Waals surface area contributed by atoms with Crippen LogP contribution in [0.15, 0.2) is 12.2 Å². The van der Waals surface area contributed by atoms with Gasteiger partial charge >= 0.3 is 0 Å². The van der Waals surface area contributed by atoms with Crippen LogP contribution in [0, 0.1) is 0 Å². The number of allylic oxidation sites excluding steroid dienone is 2. The molecule has 0 bridgehead atoms. The molecule has 0 radical (unpaired) electrons. The van der Waals surface area contributed by atoms with Crippen molar-refractivity contribution in [1.29, 1.82) is 0 Å². The lowest BCUT2D eigenvalue weighted by Crippen LogP contribution is -1.70. The highest BCUT2D eigenvalue weighted by Gasteiger charge is 1.80. The fourth-order valence-corrected chi connectivity index (χ4v) is 0.793. The third-order valence-corrected chi connectivity index (χ3v) is 1.41. The van der Waals surface area contributed by atoms with E-state index in [1.54, 1.807) is 0 Å². The molecule has 0 atom stereocenters. The summed E-state index contributed by atoms with van der Waals surface area (Å²) in [6, 6.07) is 0. The standard InChI is InChI=1S/C10H20/c1-3-5-7-9-10-8-6-4-2/h7,9H,3-6,8,10H2,1-2H3/b9-7+/i1D,2T. The molecular weight excluding hydrogens is 120 g/mol. The lowest BCUT2D eigenvalue weighted by atomic mass is 10.2. The van der Waals surface area contributed by atoms with Gasteiger partial charge in [0, 0.05) is 2.74 Å². The summed E-state index contributed by atoms with van der Waals surface area (Å²) in [6.07, 6.45) is 11.0. The van der Waals surface area contributed by atoms with E-state index in [9.17, 15) is 0 Å². The molecule has 0 N–H and O–H groups in total. The SMILES string of the molecule is [2H]CCC/C=C/CCCCC[3H]. The molecule has 0 nitrogen and oxygen atoms in total. The van der Waals surface area contributed by atoms with Gasteiger partial charge in [0.15, 0.2) is 0 Å². The minimum absolute atomic E-state index is 0.545. The Morgan fingerprint density at radius 3 is 3.00 bits per heavy atom. The molecule has 0 heterocycles. The number of hydrogen-bond acceptors (Lipinski definition) is 0. The summed E-state index contributed by atoms with van der Waals surface area (Å²) in [5.41, 5.74) is 0. The Kier molecular flexibility index (Phi) is 5.64. The maximum Gasteiger partial charge on any atom is 0.0230 e. The van der Waals surface area contributed by atoms with Crippen LogP contribution >= 0.6 is 0 Å². The third-order valence-electron chi connectivity index (χ3n) is 1.41. The van der Waals surface area contributed by atoms with Crippen LogP contribution < -0.4 is 0 Å². The predicted molar refractivity (Wildman–Crippen MR) is 48.2 cm³/mol. The van der Waals surface area contributed by atoms with Crippen LogP contribution in [0.3, 0.4) is 0 Å². The van der Waals surface area contributed by atoms with Gasteiger partial charge in [0.1, 0.15) is 0 Å². The van der Waals surface area contributed by atoms with Gasteiger partial charge in [-0.25, -0.2) is 0 Å². The monoisotopic (exact) mass is 143 g/mol. The van der Waals surface area contributed by atoms with Crippen LogP contribution in [0.4, 0.5) is 0 Å². The Labute approximate surface area is 68.1 Å². The van der Waals surface area contributed by atoms with Crippen molar-refractivity contribution in [3.8, 4) is 0 Å². The fourth-order valence-electron chi connectivity index (χ4n) is 0.793. The molecule has 0 aliphatic carbocycles. The Morgan fingerprint density at radius 2 is 2.20 bits per heavy atom. The first-order chi connectivity index (χ1) is 5.91. The van der Waals surface area contributed by atoms with Gasteiger partial charge in [-0.3, -0.25) is 0 Å². The summed E-state index contributed by atoms with van der Waals surface area (Å²) in [4.78, 5) is 0. The average molecular weight is 143 g/mol. The molecule has 10 heavy (non-hydrogen) atoms. The van der Waals surface area contributed by atoms with Gasteiger partial charge in [0.2, 0.25) is 0 Å². The fraction of sp³-hybridized carbons (Fsp3) is 0.800. The van der Waals surface area contributed by atoms with Gasteiger partial charge in [-0.15, -0.1) is 0 Å². The first kappa shape index (κ1) is 6.45. The van der Waals surface area contributed by atoms with Crippen LogP contribution in [0.5, 0.6) is 0 Å². The maximum atomic E-state index is 6.94. The zero-order valence-corrected chi connectivity index (χ0v) is 6.81. The molecule has 0 saturated carbocycles. The smallest absolute Gasteiger partial charge is 0.0230 e. The van der Waals surface area contributed by atoms with Gasteiger partial charge in [-0.05, 0) is 19.3 Å². The van der Waals surface area contributed by atoms with Crippen molar-refractivity contribution in [2.75, 3.05) is 0 Å². The first-order valence-corrected chi connectivity index (χ1v) is 4.15. The van der Waals surface area contributed by atoms with E-state index in [-0.39, 0.29) is 0 Å². The normalized spacial score (nSPS) is 13.6. The second-order valence-corrected chi connectivity index (χ2v) is 2.46. The molecule has 0 heteroatoms. The quantitative estimate of drug-likeness (QED) is 0.390.